The van der Waals surface area contributed by atoms with Gasteiger partial charge in [-0.2, -0.15) is 0 Å². The van der Waals surface area contributed by atoms with Crippen molar-refractivity contribution in [1.29, 1.82) is 0 Å². The molecule has 0 fully saturated rings. The summed E-state index contributed by atoms with van der Waals surface area (Å²) < 4.78 is 24.7. The number of sulfone groups is 1. The van der Waals surface area contributed by atoms with Gasteiger partial charge in [0.2, 0.25) is 5.91 Å². The topological polar surface area (TPSA) is 80.3 Å². The van der Waals surface area contributed by atoms with Gasteiger partial charge in [-0.05, 0) is 44.8 Å². The van der Waals surface area contributed by atoms with Crippen LogP contribution in [0.2, 0.25) is 0 Å². The van der Waals surface area contributed by atoms with Gasteiger partial charge in [0.05, 0.1) is 7.57 Å². The molecule has 0 atom stereocenters. The second-order valence-electron chi connectivity index (χ2n) is 3.65. The molecule has 0 bridgehead atoms. The molecule has 1 aromatic heterocycles. The first kappa shape index (κ1) is 16.8. The second kappa shape index (κ2) is 6.96. The normalized spacial score (nSPS) is 11.3. The van der Waals surface area contributed by atoms with E-state index in [4.69, 9.17) is 0 Å². The van der Waals surface area contributed by atoms with E-state index in [1.807, 2.05) is 0 Å². The molecule has 5 nitrogen and oxygen atoms in total. The number of rotatable bonds is 6. The molecule has 1 N–H and O–H groups in total. The summed E-state index contributed by atoms with van der Waals surface area (Å²) in [6.07, 6.45) is 0. The van der Waals surface area contributed by atoms with Gasteiger partial charge in [0.25, 0.3) is 0 Å². The number of thiophene rings is 1. The first-order valence-corrected chi connectivity index (χ1v) is 9.42. The maximum absolute atomic E-state index is 11.9. The van der Waals surface area contributed by atoms with Gasteiger partial charge in [-0.1, -0.05) is 0 Å². The number of carbonyl (C=O) groups is 2. The molecule has 0 aromatic carbocycles. The summed E-state index contributed by atoms with van der Waals surface area (Å²) in [5, 5.41) is 2.39. The minimum absolute atomic E-state index is 0.302. The maximum atomic E-state index is 11.9. The van der Waals surface area contributed by atoms with E-state index in [1.54, 1.807) is 13.0 Å². The number of Topliss-reactive ketones (excluding diaryl/α,β-unsaturated/α-hetero) is 1. The van der Waals surface area contributed by atoms with Gasteiger partial charge in [0.1, 0.15) is 11.5 Å². The molecule has 0 spiro atoms. The van der Waals surface area contributed by atoms with Gasteiger partial charge in [-0.15, -0.1) is 11.3 Å². The molecule has 1 rings (SSSR count). The molecule has 0 unspecified atom stereocenters. The molecule has 1 heterocycles. The van der Waals surface area contributed by atoms with Crippen LogP contribution in [0.15, 0.2) is 13.6 Å². The molecule has 0 saturated carbocycles. The van der Waals surface area contributed by atoms with Crippen molar-refractivity contribution in [2.24, 2.45) is 0 Å². The van der Waals surface area contributed by atoms with Crippen molar-refractivity contribution in [1.82, 2.24) is 5.32 Å². The maximum Gasteiger partial charge on any atom is 0.235 e. The van der Waals surface area contributed by atoms with Crippen LogP contribution >= 0.6 is 43.2 Å². The number of halogens is 2. The fourth-order valence-corrected chi connectivity index (χ4v) is 5.32. The van der Waals surface area contributed by atoms with Gasteiger partial charge in [0, 0.05) is 12.1 Å². The number of amides is 1. The minimum atomic E-state index is -3.75. The summed E-state index contributed by atoms with van der Waals surface area (Å²) in [5.74, 6) is -2.47. The predicted molar refractivity (Wildman–Crippen MR) is 81.4 cm³/mol. The molecule has 106 valence electrons. The first-order chi connectivity index (χ1) is 8.75. The molecular weight excluding hydrogens is 422 g/mol. The van der Waals surface area contributed by atoms with Crippen molar-refractivity contribution < 1.29 is 18.0 Å². The van der Waals surface area contributed by atoms with Gasteiger partial charge < -0.3 is 5.32 Å². The van der Waals surface area contributed by atoms with E-state index in [0.29, 0.717) is 15.9 Å². The highest BCUT2D eigenvalue weighted by atomic mass is 79.9. The fraction of sp³-hybridized carbons (Fsp3) is 0.400. The molecular formula is C10H11Br2NO4S2. The number of hydrogen-bond acceptors (Lipinski definition) is 5. The summed E-state index contributed by atoms with van der Waals surface area (Å²) in [7, 11) is -3.75. The first-order valence-electron chi connectivity index (χ1n) is 5.20. The third-order valence-electron chi connectivity index (χ3n) is 2.03. The molecule has 19 heavy (non-hydrogen) atoms. The highest BCUT2D eigenvalue weighted by Gasteiger charge is 2.23. The van der Waals surface area contributed by atoms with Crippen LogP contribution in [0.4, 0.5) is 0 Å². The lowest BCUT2D eigenvalue weighted by atomic mass is 10.2. The van der Waals surface area contributed by atoms with Crippen LogP contribution in [0.3, 0.4) is 0 Å². The monoisotopic (exact) mass is 431 g/mol. The zero-order chi connectivity index (χ0) is 14.6. The lowest BCUT2D eigenvalue weighted by Gasteiger charge is -2.03. The summed E-state index contributed by atoms with van der Waals surface area (Å²) >= 11 is 7.69. The predicted octanol–water partition coefficient (Wildman–Crippen LogP) is 2.01. The smallest absolute Gasteiger partial charge is 0.235 e. The van der Waals surface area contributed by atoms with Gasteiger partial charge in [0.15, 0.2) is 15.6 Å². The van der Waals surface area contributed by atoms with E-state index in [2.05, 4.69) is 37.2 Å². The molecule has 0 aliphatic heterocycles. The summed E-state index contributed by atoms with van der Waals surface area (Å²) in [6.45, 7) is 2.04. The Morgan fingerprint density at radius 3 is 2.42 bits per heavy atom. The van der Waals surface area contributed by atoms with Crippen LogP contribution in [0.1, 0.15) is 17.3 Å². The van der Waals surface area contributed by atoms with E-state index < -0.39 is 33.0 Å². The molecule has 9 heteroatoms. The molecule has 1 amide bonds. The molecule has 0 aliphatic rings. The van der Waals surface area contributed by atoms with E-state index in [1.165, 1.54) is 11.3 Å². The standard InChI is InChI=1S/C10H11Br2NO4S2/c1-2-13-9(15)5-19(16,17)4-7(14)6-3-8(11)18-10(6)12/h3H,2,4-5H2,1H3,(H,13,15). The molecule has 0 saturated heterocycles. The van der Waals surface area contributed by atoms with Crippen molar-refractivity contribution >= 4 is 64.7 Å². The minimum Gasteiger partial charge on any atom is -0.356 e. The van der Waals surface area contributed by atoms with E-state index in [9.17, 15) is 18.0 Å². The van der Waals surface area contributed by atoms with Crippen LogP contribution in [-0.4, -0.2) is 38.2 Å². The number of carbonyl (C=O) groups excluding carboxylic acids is 2. The van der Waals surface area contributed by atoms with E-state index in [-0.39, 0.29) is 0 Å². The van der Waals surface area contributed by atoms with Crippen LogP contribution in [0.25, 0.3) is 0 Å². The Morgan fingerprint density at radius 2 is 1.95 bits per heavy atom. The third-order valence-corrected chi connectivity index (χ3v) is 5.78. The largest absolute Gasteiger partial charge is 0.356 e. The Labute approximate surface area is 131 Å². The van der Waals surface area contributed by atoms with Crippen molar-refractivity contribution in [3.8, 4) is 0 Å². The van der Waals surface area contributed by atoms with Crippen LogP contribution in [0, 0.1) is 0 Å². The fourth-order valence-electron chi connectivity index (χ4n) is 1.31. The van der Waals surface area contributed by atoms with E-state index in [0.717, 1.165) is 3.79 Å². The zero-order valence-corrected chi connectivity index (χ0v) is 14.7. The molecule has 0 radical (unpaired) electrons. The average molecular weight is 433 g/mol. The van der Waals surface area contributed by atoms with Crippen LogP contribution in [-0.2, 0) is 14.6 Å². The van der Waals surface area contributed by atoms with Gasteiger partial charge >= 0.3 is 0 Å². The lowest BCUT2D eigenvalue weighted by Crippen LogP contribution is -2.32. The molecule has 0 aliphatic carbocycles. The Bertz CT molecular complexity index is 595. The number of nitrogens with one attached hydrogen (secondary N) is 1. The SMILES string of the molecule is CCNC(=O)CS(=O)(=O)CC(=O)c1cc(Br)sc1Br. The van der Waals surface area contributed by atoms with E-state index >= 15 is 0 Å². The summed E-state index contributed by atoms with van der Waals surface area (Å²) in [6, 6.07) is 1.55. The van der Waals surface area contributed by atoms with Crippen molar-refractivity contribution in [3.05, 3.63) is 19.2 Å². The lowest BCUT2D eigenvalue weighted by molar-refractivity contribution is -0.118. The third kappa shape index (κ3) is 5.33. The number of ketones is 1. The average Bonchev–Trinajstić information content (AvgIpc) is 2.56. The number of hydrogen-bond donors (Lipinski definition) is 1. The molecule has 1 aromatic rings. The Morgan fingerprint density at radius 1 is 1.32 bits per heavy atom. The summed E-state index contributed by atoms with van der Waals surface area (Å²) in [4.78, 5) is 23.1. The van der Waals surface area contributed by atoms with Crippen LogP contribution in [0.5, 0.6) is 0 Å². The zero-order valence-electron chi connectivity index (χ0n) is 9.90. The Balaban J connectivity index is 2.76. The van der Waals surface area contributed by atoms with Crippen molar-refractivity contribution in [2.75, 3.05) is 18.1 Å². The Hall–Kier alpha value is -0.250. The highest BCUT2D eigenvalue weighted by Crippen LogP contribution is 2.32. The van der Waals surface area contributed by atoms with Gasteiger partial charge in [-0.3, -0.25) is 9.59 Å². The van der Waals surface area contributed by atoms with Crippen molar-refractivity contribution in [2.45, 2.75) is 6.92 Å². The van der Waals surface area contributed by atoms with Crippen LogP contribution < -0.4 is 5.32 Å². The quantitative estimate of drug-likeness (QED) is 0.697. The summed E-state index contributed by atoms with van der Waals surface area (Å²) in [5.41, 5.74) is 0.302. The Kier molecular flexibility index (Phi) is 6.15. The highest BCUT2D eigenvalue weighted by molar-refractivity contribution is 9.12. The van der Waals surface area contributed by atoms with Crippen molar-refractivity contribution in [3.63, 3.8) is 0 Å². The van der Waals surface area contributed by atoms with Gasteiger partial charge in [-0.25, -0.2) is 8.42 Å². The second-order valence-corrected chi connectivity index (χ2v) is 9.46.